The molecule has 1 aliphatic carbocycles. The summed E-state index contributed by atoms with van der Waals surface area (Å²) < 4.78 is 47.3. The van der Waals surface area contributed by atoms with Crippen LogP contribution in [0, 0.1) is 5.41 Å². The number of halogens is 5. The lowest BCUT2D eigenvalue weighted by Crippen LogP contribution is -2.42. The van der Waals surface area contributed by atoms with E-state index in [1.807, 2.05) is 13.8 Å². The van der Waals surface area contributed by atoms with E-state index in [1.165, 1.54) is 24.5 Å². The van der Waals surface area contributed by atoms with Gasteiger partial charge in [0.1, 0.15) is 17.1 Å². The van der Waals surface area contributed by atoms with E-state index in [2.05, 4.69) is 26.1 Å². The molecular weight excluding hydrogens is 592 g/mol. The van der Waals surface area contributed by atoms with Crippen molar-refractivity contribution < 1.29 is 27.6 Å². The standard InChI is InChI=1S/C30H25Cl2F3N4O3/c1-15(2)27-24(26(38-42-27)25-20(31)13-36-14-21(25)32)16-11-29(12-16)5-7-39(8-6-29)17-3-4-22-18(9-17)19(30(33,34)35)10-23(37-22)28(40)41/h3-4,9-11,13-15H,5-8,12H2,1-2H3,(H,40,41). The third-order valence-corrected chi connectivity index (χ3v) is 8.69. The Morgan fingerprint density at radius 1 is 1.10 bits per heavy atom. The van der Waals surface area contributed by atoms with Crippen LogP contribution in [-0.4, -0.2) is 39.3 Å². The summed E-state index contributed by atoms with van der Waals surface area (Å²) in [4.78, 5) is 21.4. The van der Waals surface area contributed by atoms with Crippen LogP contribution in [0.1, 0.15) is 66.4 Å². The number of aromatic nitrogens is 3. The van der Waals surface area contributed by atoms with E-state index >= 15 is 0 Å². The minimum absolute atomic E-state index is 0.00842. The SMILES string of the molecule is CC(C)c1onc(-c2c(Cl)cncc2Cl)c1C1=CC2(CCN(c3ccc4nc(C(=O)O)cc(C(F)(F)F)c4c3)CC2)C1. The zero-order valence-electron chi connectivity index (χ0n) is 22.6. The lowest BCUT2D eigenvalue weighted by molar-refractivity contribution is -0.136. The molecule has 12 heteroatoms. The molecular formula is C30H25Cl2F3N4O3. The number of hydrogen-bond donors (Lipinski definition) is 1. The Bertz CT molecular complexity index is 1740. The first-order valence-corrected chi connectivity index (χ1v) is 14.1. The summed E-state index contributed by atoms with van der Waals surface area (Å²) in [5, 5.41) is 14.2. The smallest absolute Gasteiger partial charge is 0.417 e. The average molecular weight is 617 g/mol. The number of fused-ring (bicyclic) bond motifs is 1. The van der Waals surface area contributed by atoms with Crippen molar-refractivity contribution in [3.05, 3.63) is 75.4 Å². The third kappa shape index (κ3) is 4.90. The highest BCUT2D eigenvalue weighted by atomic mass is 35.5. The largest absolute Gasteiger partial charge is 0.477 e. The van der Waals surface area contributed by atoms with Crippen molar-refractivity contribution in [2.45, 2.75) is 45.2 Å². The van der Waals surface area contributed by atoms with Crippen LogP contribution in [0.15, 0.2) is 47.3 Å². The van der Waals surface area contributed by atoms with Crippen LogP contribution < -0.4 is 4.90 Å². The number of allylic oxidation sites excluding steroid dienone is 2. The topological polar surface area (TPSA) is 92.4 Å². The van der Waals surface area contributed by atoms with Gasteiger partial charge in [0.2, 0.25) is 0 Å². The zero-order chi connectivity index (χ0) is 30.0. The fourth-order valence-corrected chi connectivity index (χ4v) is 6.53. The van der Waals surface area contributed by atoms with E-state index in [0.717, 1.165) is 36.2 Å². The molecule has 6 rings (SSSR count). The van der Waals surface area contributed by atoms with Crippen molar-refractivity contribution in [3.8, 4) is 11.3 Å². The van der Waals surface area contributed by atoms with Gasteiger partial charge in [-0.15, -0.1) is 0 Å². The van der Waals surface area contributed by atoms with Gasteiger partial charge in [0.25, 0.3) is 0 Å². The maximum Gasteiger partial charge on any atom is 0.417 e. The Morgan fingerprint density at radius 3 is 2.36 bits per heavy atom. The molecule has 1 N–H and O–H groups in total. The van der Waals surface area contributed by atoms with Crippen molar-refractivity contribution in [2.75, 3.05) is 18.0 Å². The van der Waals surface area contributed by atoms with Gasteiger partial charge in [0.15, 0.2) is 0 Å². The number of carboxylic acids is 1. The lowest BCUT2D eigenvalue weighted by atomic mass is 9.63. The molecule has 1 aliphatic heterocycles. The van der Waals surface area contributed by atoms with Crippen molar-refractivity contribution in [1.29, 1.82) is 0 Å². The molecule has 0 radical (unpaired) electrons. The van der Waals surface area contributed by atoms with Gasteiger partial charge in [-0.2, -0.15) is 13.2 Å². The highest BCUT2D eigenvalue weighted by Gasteiger charge is 2.43. The maximum atomic E-state index is 13.8. The number of anilines is 1. The van der Waals surface area contributed by atoms with Gasteiger partial charge < -0.3 is 14.5 Å². The van der Waals surface area contributed by atoms with E-state index in [1.54, 1.807) is 6.07 Å². The summed E-state index contributed by atoms with van der Waals surface area (Å²) in [5.74, 6) is -0.675. The molecule has 0 unspecified atom stereocenters. The number of benzene rings is 1. The number of aromatic carboxylic acids is 1. The number of carbonyl (C=O) groups is 1. The maximum absolute atomic E-state index is 13.8. The molecule has 7 nitrogen and oxygen atoms in total. The van der Waals surface area contributed by atoms with Crippen LogP contribution in [0.2, 0.25) is 10.0 Å². The normalized spacial score (nSPS) is 16.7. The van der Waals surface area contributed by atoms with Crippen molar-refractivity contribution in [3.63, 3.8) is 0 Å². The van der Waals surface area contributed by atoms with E-state index < -0.39 is 23.4 Å². The molecule has 1 spiro atoms. The summed E-state index contributed by atoms with van der Waals surface area (Å²) >= 11 is 12.9. The number of nitrogens with zero attached hydrogens (tertiary/aromatic N) is 4. The van der Waals surface area contributed by atoms with Crippen LogP contribution in [0.3, 0.4) is 0 Å². The monoisotopic (exact) mass is 616 g/mol. The van der Waals surface area contributed by atoms with Gasteiger partial charge in [-0.05, 0) is 54.5 Å². The first-order valence-electron chi connectivity index (χ1n) is 13.4. The van der Waals surface area contributed by atoms with Gasteiger partial charge in [-0.25, -0.2) is 9.78 Å². The molecule has 1 saturated heterocycles. The second-order valence-corrected chi connectivity index (χ2v) is 12.0. The quantitative estimate of drug-likeness (QED) is 0.240. The minimum Gasteiger partial charge on any atom is -0.477 e. The summed E-state index contributed by atoms with van der Waals surface area (Å²) in [6.07, 6.45) is 3.00. The average Bonchev–Trinajstić information content (AvgIpc) is 3.34. The molecule has 218 valence electrons. The van der Waals surface area contributed by atoms with E-state index in [-0.39, 0.29) is 22.2 Å². The number of alkyl halides is 3. The predicted molar refractivity (Wildman–Crippen MR) is 154 cm³/mol. The summed E-state index contributed by atoms with van der Waals surface area (Å²) in [7, 11) is 0. The van der Waals surface area contributed by atoms with E-state index in [4.69, 9.17) is 27.7 Å². The number of pyridine rings is 2. The first kappa shape index (κ1) is 28.5. The van der Waals surface area contributed by atoms with Gasteiger partial charge in [-0.3, -0.25) is 4.98 Å². The van der Waals surface area contributed by atoms with Crippen LogP contribution in [0.4, 0.5) is 18.9 Å². The van der Waals surface area contributed by atoms with E-state index in [9.17, 15) is 23.1 Å². The second-order valence-electron chi connectivity index (χ2n) is 11.2. The molecule has 0 atom stereocenters. The fraction of sp³-hybridized carbons (Fsp3) is 0.333. The lowest BCUT2D eigenvalue weighted by Gasteiger charge is -2.47. The summed E-state index contributed by atoms with van der Waals surface area (Å²) in [5.41, 5.74) is 2.11. The minimum atomic E-state index is -4.72. The van der Waals surface area contributed by atoms with Gasteiger partial charge >= 0.3 is 12.1 Å². The molecule has 2 aliphatic rings. The van der Waals surface area contributed by atoms with Crippen LogP contribution in [-0.2, 0) is 6.18 Å². The van der Waals surface area contributed by atoms with Crippen molar-refractivity contribution >= 4 is 51.3 Å². The molecule has 1 aromatic carbocycles. The first-order chi connectivity index (χ1) is 19.9. The Hall–Kier alpha value is -3.63. The fourth-order valence-electron chi connectivity index (χ4n) is 5.98. The number of carboxylic acid groups (broad SMARTS) is 1. The zero-order valence-corrected chi connectivity index (χ0v) is 24.1. The highest BCUT2D eigenvalue weighted by molar-refractivity contribution is 6.39. The molecule has 42 heavy (non-hydrogen) atoms. The number of rotatable bonds is 5. The van der Waals surface area contributed by atoms with Crippen LogP contribution >= 0.6 is 23.2 Å². The van der Waals surface area contributed by atoms with Gasteiger partial charge in [-0.1, -0.05) is 48.3 Å². The molecule has 4 heterocycles. The second kappa shape index (κ2) is 10.3. The Kier molecular flexibility index (Phi) is 6.97. The molecule has 0 saturated carbocycles. The van der Waals surface area contributed by atoms with Gasteiger partial charge in [0, 0.05) is 53.6 Å². The highest BCUT2D eigenvalue weighted by Crippen LogP contribution is 2.54. The molecule has 1 fully saturated rings. The number of hydrogen-bond acceptors (Lipinski definition) is 6. The molecule has 3 aromatic heterocycles. The Balaban J connectivity index is 1.27. The Labute approximate surface area is 248 Å². The van der Waals surface area contributed by atoms with Crippen molar-refractivity contribution in [1.82, 2.24) is 15.1 Å². The van der Waals surface area contributed by atoms with E-state index in [0.29, 0.717) is 46.1 Å². The summed E-state index contributed by atoms with van der Waals surface area (Å²) in [6.45, 7) is 5.35. The predicted octanol–water partition coefficient (Wildman–Crippen LogP) is 8.51. The summed E-state index contributed by atoms with van der Waals surface area (Å²) in [6, 6.07) is 5.20. The third-order valence-electron chi connectivity index (χ3n) is 8.12. The van der Waals surface area contributed by atoms with Gasteiger partial charge in [0.05, 0.1) is 21.1 Å². The van der Waals surface area contributed by atoms with Crippen molar-refractivity contribution in [2.24, 2.45) is 5.41 Å². The Morgan fingerprint density at radius 2 is 1.76 bits per heavy atom. The number of piperidine rings is 1. The molecule has 0 amide bonds. The van der Waals surface area contributed by atoms with Crippen LogP contribution in [0.5, 0.6) is 0 Å². The molecule has 0 bridgehead atoms. The molecule has 4 aromatic rings. The van der Waals surface area contributed by atoms with Crippen LogP contribution in [0.25, 0.3) is 27.7 Å².